The molecule has 3 nitrogen and oxygen atoms in total. The number of hydrogen-bond acceptors (Lipinski definition) is 1. The molecule has 1 aromatic heterocycles. The van der Waals surface area contributed by atoms with Gasteiger partial charge in [-0.05, 0) is 49.4 Å². The topological polar surface area (TPSA) is 25.2 Å². The normalized spacial score (nSPS) is 16.8. The van der Waals surface area contributed by atoms with Gasteiger partial charge in [-0.2, -0.15) is 0 Å². The number of carbonyl (C=O) groups is 1. The van der Waals surface area contributed by atoms with Gasteiger partial charge >= 0.3 is 0 Å². The van der Waals surface area contributed by atoms with Crippen LogP contribution in [0.4, 0.5) is 5.69 Å². The third-order valence-corrected chi connectivity index (χ3v) is 4.79. The molecule has 1 atom stereocenters. The van der Waals surface area contributed by atoms with E-state index < -0.39 is 0 Å². The Morgan fingerprint density at radius 3 is 2.74 bits per heavy atom. The Hall–Kier alpha value is -2.55. The van der Waals surface area contributed by atoms with Crippen molar-refractivity contribution in [2.24, 2.45) is 0 Å². The van der Waals surface area contributed by atoms with Gasteiger partial charge in [0.25, 0.3) is 0 Å². The minimum Gasteiger partial charge on any atom is -0.335 e. The van der Waals surface area contributed by atoms with E-state index in [1.165, 1.54) is 10.9 Å². The summed E-state index contributed by atoms with van der Waals surface area (Å²) in [5, 5.41) is 1.19. The summed E-state index contributed by atoms with van der Waals surface area (Å²) in [5.41, 5.74) is 4.58. The zero-order chi connectivity index (χ0) is 16.0. The van der Waals surface area contributed by atoms with Crippen molar-refractivity contribution in [1.29, 1.82) is 0 Å². The van der Waals surface area contributed by atoms with Gasteiger partial charge in [0.15, 0.2) is 0 Å². The summed E-state index contributed by atoms with van der Waals surface area (Å²) in [6, 6.07) is 18.8. The lowest BCUT2D eigenvalue weighted by Gasteiger charge is -2.23. The predicted octanol–water partition coefficient (Wildman–Crippen LogP) is 3.93. The largest absolute Gasteiger partial charge is 0.335 e. The summed E-state index contributed by atoms with van der Waals surface area (Å²) < 4.78 is 2.12. The molecule has 23 heavy (non-hydrogen) atoms. The summed E-state index contributed by atoms with van der Waals surface area (Å²) in [4.78, 5) is 14.9. The minimum absolute atomic E-state index is 0.159. The summed E-state index contributed by atoms with van der Waals surface area (Å²) in [7, 11) is 0. The highest BCUT2D eigenvalue weighted by Gasteiger charge is 2.30. The fourth-order valence-corrected chi connectivity index (χ4v) is 3.72. The van der Waals surface area contributed by atoms with Gasteiger partial charge in [-0.1, -0.05) is 36.4 Å². The molecule has 2 heterocycles. The van der Waals surface area contributed by atoms with Crippen molar-refractivity contribution in [2.45, 2.75) is 32.9 Å². The molecule has 4 rings (SSSR count). The molecule has 116 valence electrons. The lowest BCUT2D eigenvalue weighted by Crippen LogP contribution is -2.38. The molecule has 0 aliphatic carbocycles. The zero-order valence-electron chi connectivity index (χ0n) is 13.5. The van der Waals surface area contributed by atoms with E-state index in [-0.39, 0.29) is 11.9 Å². The van der Waals surface area contributed by atoms with E-state index in [0.29, 0.717) is 6.54 Å². The standard InChI is InChI=1S/C20H20N2O/c1-14-11-16-7-3-5-9-18(16)21(14)13-20(23)22-15(2)12-17-8-4-6-10-19(17)22/h3-11,15H,12-13H2,1-2H3/t15-/m1/s1. The quantitative estimate of drug-likeness (QED) is 0.704. The van der Waals surface area contributed by atoms with E-state index >= 15 is 0 Å². The summed E-state index contributed by atoms with van der Waals surface area (Å²) in [5.74, 6) is 0.159. The highest BCUT2D eigenvalue weighted by atomic mass is 16.2. The smallest absolute Gasteiger partial charge is 0.247 e. The number of anilines is 1. The lowest BCUT2D eigenvalue weighted by atomic mass is 10.1. The molecular formula is C20H20N2O. The highest BCUT2D eigenvalue weighted by molar-refractivity contribution is 5.97. The Balaban J connectivity index is 1.69. The minimum atomic E-state index is 0.159. The van der Waals surface area contributed by atoms with E-state index in [9.17, 15) is 4.79 Å². The number of benzene rings is 2. The first-order chi connectivity index (χ1) is 11.1. The van der Waals surface area contributed by atoms with Gasteiger partial charge < -0.3 is 9.47 Å². The number of para-hydroxylation sites is 2. The van der Waals surface area contributed by atoms with Crippen molar-refractivity contribution in [3.05, 3.63) is 65.9 Å². The van der Waals surface area contributed by atoms with Crippen molar-refractivity contribution in [2.75, 3.05) is 4.90 Å². The SMILES string of the molecule is Cc1cc2ccccc2n1CC(=O)N1c2ccccc2C[C@H]1C. The van der Waals surface area contributed by atoms with E-state index in [2.05, 4.69) is 48.7 Å². The van der Waals surface area contributed by atoms with E-state index in [0.717, 1.165) is 23.3 Å². The van der Waals surface area contributed by atoms with E-state index in [4.69, 9.17) is 0 Å². The molecule has 0 fully saturated rings. The summed E-state index contributed by atoms with van der Waals surface area (Å²) in [6.07, 6.45) is 0.938. The number of nitrogens with zero attached hydrogens (tertiary/aromatic N) is 2. The first kappa shape index (κ1) is 14.1. The summed E-state index contributed by atoms with van der Waals surface area (Å²) >= 11 is 0. The number of hydrogen-bond donors (Lipinski definition) is 0. The average Bonchev–Trinajstić information content (AvgIpc) is 3.04. The van der Waals surface area contributed by atoms with Gasteiger partial charge in [0.1, 0.15) is 6.54 Å². The number of carbonyl (C=O) groups excluding carboxylic acids is 1. The molecule has 1 amide bonds. The molecule has 0 N–H and O–H groups in total. The van der Waals surface area contributed by atoms with Gasteiger partial charge in [-0.15, -0.1) is 0 Å². The van der Waals surface area contributed by atoms with Crippen molar-refractivity contribution >= 4 is 22.5 Å². The van der Waals surface area contributed by atoms with Gasteiger partial charge in [-0.25, -0.2) is 0 Å². The maximum absolute atomic E-state index is 13.0. The van der Waals surface area contributed by atoms with Crippen LogP contribution in [-0.4, -0.2) is 16.5 Å². The molecule has 0 bridgehead atoms. The second-order valence-electron chi connectivity index (χ2n) is 6.38. The van der Waals surface area contributed by atoms with Crippen LogP contribution in [0.3, 0.4) is 0 Å². The Kier molecular flexibility index (Phi) is 3.22. The molecule has 0 saturated carbocycles. The van der Waals surface area contributed by atoms with Crippen LogP contribution in [0.5, 0.6) is 0 Å². The van der Waals surface area contributed by atoms with Crippen LogP contribution in [0.1, 0.15) is 18.2 Å². The van der Waals surface area contributed by atoms with Crippen LogP contribution < -0.4 is 4.90 Å². The van der Waals surface area contributed by atoms with E-state index in [1.54, 1.807) is 0 Å². The van der Waals surface area contributed by atoms with Crippen LogP contribution in [-0.2, 0) is 17.8 Å². The molecule has 0 radical (unpaired) electrons. The third kappa shape index (κ3) is 2.24. The number of rotatable bonds is 2. The summed E-state index contributed by atoms with van der Waals surface area (Å²) in [6.45, 7) is 4.57. The number of aromatic nitrogens is 1. The maximum Gasteiger partial charge on any atom is 0.247 e. The van der Waals surface area contributed by atoms with Crippen LogP contribution in [0.25, 0.3) is 10.9 Å². The number of aryl methyl sites for hydroxylation is 1. The van der Waals surface area contributed by atoms with Crippen molar-refractivity contribution in [3.63, 3.8) is 0 Å². The van der Waals surface area contributed by atoms with Crippen molar-refractivity contribution in [1.82, 2.24) is 4.57 Å². The van der Waals surface area contributed by atoms with Crippen LogP contribution >= 0.6 is 0 Å². The second kappa shape index (κ2) is 5.27. The first-order valence-electron chi connectivity index (χ1n) is 8.10. The number of amides is 1. The fraction of sp³-hybridized carbons (Fsp3) is 0.250. The Bertz CT molecular complexity index is 894. The molecule has 0 unspecified atom stereocenters. The Morgan fingerprint density at radius 1 is 1.13 bits per heavy atom. The maximum atomic E-state index is 13.0. The molecule has 2 aromatic carbocycles. The number of fused-ring (bicyclic) bond motifs is 2. The van der Waals surface area contributed by atoms with Crippen LogP contribution in [0.2, 0.25) is 0 Å². The zero-order valence-corrected chi connectivity index (χ0v) is 13.5. The Morgan fingerprint density at radius 2 is 1.87 bits per heavy atom. The molecule has 0 saturated heterocycles. The highest BCUT2D eigenvalue weighted by Crippen LogP contribution is 2.32. The fourth-order valence-electron chi connectivity index (χ4n) is 3.72. The second-order valence-corrected chi connectivity index (χ2v) is 6.38. The van der Waals surface area contributed by atoms with Crippen LogP contribution in [0, 0.1) is 6.92 Å². The predicted molar refractivity (Wildman–Crippen MR) is 93.8 cm³/mol. The molecular weight excluding hydrogens is 284 g/mol. The lowest BCUT2D eigenvalue weighted by molar-refractivity contribution is -0.119. The van der Waals surface area contributed by atoms with Gasteiger partial charge in [0, 0.05) is 22.9 Å². The van der Waals surface area contributed by atoms with Crippen LogP contribution in [0.15, 0.2) is 54.6 Å². The van der Waals surface area contributed by atoms with E-state index in [1.807, 2.05) is 29.2 Å². The monoisotopic (exact) mass is 304 g/mol. The molecule has 1 aliphatic rings. The van der Waals surface area contributed by atoms with Crippen molar-refractivity contribution < 1.29 is 4.79 Å². The van der Waals surface area contributed by atoms with Crippen molar-refractivity contribution in [3.8, 4) is 0 Å². The van der Waals surface area contributed by atoms with Gasteiger partial charge in [-0.3, -0.25) is 4.79 Å². The molecule has 1 aliphatic heterocycles. The molecule has 3 heteroatoms. The first-order valence-corrected chi connectivity index (χ1v) is 8.10. The van der Waals surface area contributed by atoms with Gasteiger partial charge in [0.05, 0.1) is 0 Å². The van der Waals surface area contributed by atoms with Gasteiger partial charge in [0.2, 0.25) is 5.91 Å². The average molecular weight is 304 g/mol. The Labute approximate surface area is 136 Å². The molecule has 3 aromatic rings. The third-order valence-electron chi connectivity index (χ3n) is 4.79. The molecule has 0 spiro atoms.